The highest BCUT2D eigenvalue weighted by Gasteiger charge is 2.06. The van der Waals surface area contributed by atoms with Crippen molar-refractivity contribution in [3.63, 3.8) is 0 Å². The zero-order valence-electron chi connectivity index (χ0n) is 10.1. The van der Waals surface area contributed by atoms with Crippen molar-refractivity contribution in [1.82, 2.24) is 4.98 Å². The Balaban J connectivity index is 2.13. The summed E-state index contributed by atoms with van der Waals surface area (Å²) in [5.74, 6) is -1.28. The summed E-state index contributed by atoms with van der Waals surface area (Å²) in [6.07, 6.45) is 4.78. The Morgan fingerprint density at radius 3 is 2.63 bits per heavy atom. The van der Waals surface area contributed by atoms with Gasteiger partial charge in [-0.3, -0.25) is 0 Å². The van der Waals surface area contributed by atoms with Crippen molar-refractivity contribution >= 4 is 6.08 Å². The second-order valence-corrected chi connectivity index (χ2v) is 3.65. The van der Waals surface area contributed by atoms with Crippen LogP contribution in [0.25, 0.3) is 6.08 Å². The van der Waals surface area contributed by atoms with Gasteiger partial charge in [-0.25, -0.2) is 13.8 Å². The van der Waals surface area contributed by atoms with Crippen LogP contribution in [-0.4, -0.2) is 12.1 Å². The number of ether oxygens (including phenoxy) is 2. The SMILES string of the molecule is COC=Cc1ccc(Oc2ccc(F)cc2F)nc1. The minimum Gasteiger partial charge on any atom is -0.504 e. The maximum absolute atomic E-state index is 13.4. The average molecular weight is 263 g/mol. The van der Waals surface area contributed by atoms with Gasteiger partial charge in [-0.1, -0.05) is 0 Å². The van der Waals surface area contributed by atoms with E-state index in [0.717, 1.165) is 17.7 Å². The highest BCUT2D eigenvalue weighted by atomic mass is 19.1. The summed E-state index contributed by atoms with van der Waals surface area (Å²) in [4.78, 5) is 4.00. The molecule has 0 bridgehead atoms. The maximum Gasteiger partial charge on any atom is 0.219 e. The van der Waals surface area contributed by atoms with Crippen molar-refractivity contribution < 1.29 is 18.3 Å². The van der Waals surface area contributed by atoms with Gasteiger partial charge in [0, 0.05) is 18.3 Å². The Morgan fingerprint density at radius 2 is 2.00 bits per heavy atom. The predicted molar refractivity (Wildman–Crippen MR) is 66.7 cm³/mol. The van der Waals surface area contributed by atoms with Crippen molar-refractivity contribution in [3.05, 3.63) is 60.0 Å². The molecule has 2 aromatic rings. The summed E-state index contributed by atoms with van der Waals surface area (Å²) in [6.45, 7) is 0. The van der Waals surface area contributed by atoms with Crippen LogP contribution in [0.4, 0.5) is 8.78 Å². The second kappa shape index (κ2) is 5.95. The highest BCUT2D eigenvalue weighted by molar-refractivity contribution is 5.47. The molecule has 3 nitrogen and oxygen atoms in total. The third kappa shape index (κ3) is 3.51. The number of hydrogen-bond donors (Lipinski definition) is 0. The van der Waals surface area contributed by atoms with Crippen LogP contribution in [0.15, 0.2) is 42.8 Å². The molecule has 0 saturated heterocycles. The number of hydrogen-bond acceptors (Lipinski definition) is 3. The molecule has 1 aromatic heterocycles. The van der Waals surface area contributed by atoms with E-state index in [2.05, 4.69) is 4.98 Å². The van der Waals surface area contributed by atoms with Crippen LogP contribution in [0.1, 0.15) is 5.56 Å². The van der Waals surface area contributed by atoms with Crippen molar-refractivity contribution in [3.8, 4) is 11.6 Å². The van der Waals surface area contributed by atoms with Crippen LogP contribution in [0.2, 0.25) is 0 Å². The lowest BCUT2D eigenvalue weighted by Crippen LogP contribution is -1.91. The Morgan fingerprint density at radius 1 is 1.16 bits per heavy atom. The van der Waals surface area contributed by atoms with Crippen molar-refractivity contribution in [1.29, 1.82) is 0 Å². The quantitative estimate of drug-likeness (QED) is 0.787. The number of benzene rings is 1. The minimum atomic E-state index is -0.773. The Kier molecular flexibility index (Phi) is 4.07. The molecule has 0 amide bonds. The smallest absolute Gasteiger partial charge is 0.219 e. The molecule has 0 spiro atoms. The minimum absolute atomic E-state index is 0.0749. The largest absolute Gasteiger partial charge is 0.504 e. The van der Waals surface area contributed by atoms with Gasteiger partial charge in [0.25, 0.3) is 0 Å². The normalized spacial score (nSPS) is 10.7. The van der Waals surface area contributed by atoms with Crippen LogP contribution in [0.3, 0.4) is 0 Å². The molecule has 0 radical (unpaired) electrons. The van der Waals surface area contributed by atoms with Gasteiger partial charge in [-0.05, 0) is 29.8 Å². The van der Waals surface area contributed by atoms with Gasteiger partial charge in [-0.2, -0.15) is 0 Å². The van der Waals surface area contributed by atoms with E-state index in [1.807, 2.05) is 0 Å². The van der Waals surface area contributed by atoms with Crippen molar-refractivity contribution in [2.45, 2.75) is 0 Å². The van der Waals surface area contributed by atoms with Crippen molar-refractivity contribution in [2.24, 2.45) is 0 Å². The molecule has 98 valence electrons. The lowest BCUT2D eigenvalue weighted by Gasteiger charge is -2.05. The average Bonchev–Trinajstić information content (AvgIpc) is 2.41. The number of halogens is 2. The van der Waals surface area contributed by atoms with E-state index in [4.69, 9.17) is 9.47 Å². The number of methoxy groups -OCH3 is 1. The summed E-state index contributed by atoms with van der Waals surface area (Å²) >= 11 is 0. The standard InChI is InChI=1S/C14H11F2NO2/c1-18-7-6-10-2-5-14(17-9-10)19-13-4-3-11(15)8-12(13)16/h2-9H,1H3. The molecule has 0 aliphatic carbocycles. The molecule has 0 atom stereocenters. The van der Waals surface area contributed by atoms with Gasteiger partial charge < -0.3 is 9.47 Å². The van der Waals surface area contributed by atoms with Crippen LogP contribution >= 0.6 is 0 Å². The molecule has 0 aliphatic rings. The molecule has 0 unspecified atom stereocenters. The molecule has 1 aromatic carbocycles. The van der Waals surface area contributed by atoms with Crippen LogP contribution in [0.5, 0.6) is 11.6 Å². The Bertz CT molecular complexity index is 582. The number of rotatable bonds is 4. The molecule has 0 fully saturated rings. The van der Waals surface area contributed by atoms with Gasteiger partial charge in [0.15, 0.2) is 11.6 Å². The van der Waals surface area contributed by atoms with E-state index in [9.17, 15) is 8.78 Å². The van der Waals surface area contributed by atoms with Crippen LogP contribution in [-0.2, 0) is 4.74 Å². The van der Waals surface area contributed by atoms with E-state index >= 15 is 0 Å². The van der Waals surface area contributed by atoms with Gasteiger partial charge in [0.05, 0.1) is 13.4 Å². The fraction of sp³-hybridized carbons (Fsp3) is 0.0714. The topological polar surface area (TPSA) is 31.4 Å². The fourth-order valence-electron chi connectivity index (χ4n) is 1.37. The fourth-order valence-corrected chi connectivity index (χ4v) is 1.37. The molecule has 0 aliphatic heterocycles. The first kappa shape index (κ1) is 13.0. The third-order valence-electron chi connectivity index (χ3n) is 2.26. The Labute approximate surface area is 109 Å². The van der Waals surface area contributed by atoms with E-state index in [0.29, 0.717) is 0 Å². The zero-order chi connectivity index (χ0) is 13.7. The van der Waals surface area contributed by atoms with Crippen LogP contribution in [0, 0.1) is 11.6 Å². The lowest BCUT2D eigenvalue weighted by atomic mass is 10.3. The zero-order valence-corrected chi connectivity index (χ0v) is 10.1. The molecule has 19 heavy (non-hydrogen) atoms. The molecule has 5 heteroatoms. The summed E-state index contributed by atoms with van der Waals surface area (Å²) in [7, 11) is 1.54. The Hall–Kier alpha value is -2.43. The van der Waals surface area contributed by atoms with E-state index in [-0.39, 0.29) is 11.6 Å². The van der Waals surface area contributed by atoms with Crippen LogP contribution < -0.4 is 4.74 Å². The molecule has 1 heterocycles. The molecule has 0 N–H and O–H groups in total. The van der Waals surface area contributed by atoms with Gasteiger partial charge in [-0.15, -0.1) is 0 Å². The summed E-state index contributed by atoms with van der Waals surface area (Å²) in [5.41, 5.74) is 0.814. The highest BCUT2D eigenvalue weighted by Crippen LogP contribution is 2.23. The number of pyridine rings is 1. The summed E-state index contributed by atoms with van der Waals surface area (Å²) < 4.78 is 36.1. The first-order valence-corrected chi connectivity index (χ1v) is 5.47. The number of aromatic nitrogens is 1. The summed E-state index contributed by atoms with van der Waals surface area (Å²) in [6, 6.07) is 6.40. The van der Waals surface area contributed by atoms with E-state index in [1.54, 1.807) is 31.5 Å². The first-order chi connectivity index (χ1) is 9.19. The van der Waals surface area contributed by atoms with Crippen molar-refractivity contribution in [2.75, 3.05) is 7.11 Å². The molecular formula is C14H11F2NO2. The van der Waals surface area contributed by atoms with E-state index < -0.39 is 11.6 Å². The van der Waals surface area contributed by atoms with Gasteiger partial charge >= 0.3 is 0 Å². The molecule has 0 saturated carbocycles. The second-order valence-electron chi connectivity index (χ2n) is 3.65. The van der Waals surface area contributed by atoms with Gasteiger partial charge in [0.2, 0.25) is 5.88 Å². The third-order valence-corrected chi connectivity index (χ3v) is 2.26. The van der Waals surface area contributed by atoms with Gasteiger partial charge in [0.1, 0.15) is 5.82 Å². The van der Waals surface area contributed by atoms with E-state index in [1.165, 1.54) is 12.3 Å². The maximum atomic E-state index is 13.4. The summed E-state index contributed by atoms with van der Waals surface area (Å²) in [5, 5.41) is 0. The lowest BCUT2D eigenvalue weighted by molar-refractivity contribution is 0.341. The molecule has 2 rings (SSSR count). The molecular weight excluding hydrogens is 252 g/mol. The number of nitrogens with zero attached hydrogens (tertiary/aromatic N) is 1. The first-order valence-electron chi connectivity index (χ1n) is 5.47. The monoisotopic (exact) mass is 263 g/mol. The predicted octanol–water partition coefficient (Wildman–Crippen LogP) is 3.77.